The molecular formula is C6H6Cl2N4. The second kappa shape index (κ2) is 2.71. The molecule has 4 nitrogen and oxygen atoms in total. The zero-order valence-electron chi connectivity index (χ0n) is 6.28. The summed E-state index contributed by atoms with van der Waals surface area (Å²) in [5, 5.41) is 0.596. The minimum absolute atomic E-state index is 0.109. The summed E-state index contributed by atoms with van der Waals surface area (Å²) in [6.07, 6.45) is 1.58. The smallest absolute Gasteiger partial charge is 0.221 e. The third kappa shape index (κ3) is 1.11. The highest BCUT2D eigenvalue weighted by Crippen LogP contribution is 2.21. The van der Waals surface area contributed by atoms with Crippen LogP contribution in [-0.4, -0.2) is 41.0 Å². The van der Waals surface area contributed by atoms with E-state index in [1.54, 1.807) is 6.34 Å². The number of hydrogen-bond donors (Lipinski definition) is 0. The standard InChI is InChI=1S/C6H6Cl2N4/c1-12-2-9-3-4(7)10-6(8)11-5(3)12/h2-3,5H,1H3. The van der Waals surface area contributed by atoms with Crippen molar-refractivity contribution in [1.82, 2.24) is 4.90 Å². The van der Waals surface area contributed by atoms with Crippen LogP contribution in [0.3, 0.4) is 0 Å². The lowest BCUT2D eigenvalue weighted by Gasteiger charge is -2.22. The third-order valence-electron chi connectivity index (χ3n) is 1.79. The van der Waals surface area contributed by atoms with Gasteiger partial charge in [-0.25, -0.2) is 9.98 Å². The normalized spacial score (nSPS) is 33.1. The Morgan fingerprint density at radius 3 is 3.00 bits per heavy atom. The number of halogens is 2. The lowest BCUT2D eigenvalue weighted by Crippen LogP contribution is -2.37. The van der Waals surface area contributed by atoms with Gasteiger partial charge in [-0.15, -0.1) is 0 Å². The fourth-order valence-corrected chi connectivity index (χ4v) is 1.67. The Bertz CT molecular complexity index is 296. The largest absolute Gasteiger partial charge is 0.342 e. The van der Waals surface area contributed by atoms with E-state index in [0.717, 1.165) is 0 Å². The van der Waals surface area contributed by atoms with Crippen molar-refractivity contribution in [1.29, 1.82) is 0 Å². The van der Waals surface area contributed by atoms with Gasteiger partial charge in [0, 0.05) is 7.05 Å². The van der Waals surface area contributed by atoms with Crippen molar-refractivity contribution in [2.45, 2.75) is 12.2 Å². The van der Waals surface area contributed by atoms with Crippen molar-refractivity contribution in [2.24, 2.45) is 15.0 Å². The monoisotopic (exact) mass is 204 g/mol. The van der Waals surface area contributed by atoms with Crippen molar-refractivity contribution in [3.63, 3.8) is 0 Å². The molecule has 6 heteroatoms. The Kier molecular flexibility index (Phi) is 1.81. The number of rotatable bonds is 0. The summed E-state index contributed by atoms with van der Waals surface area (Å²) in [5.74, 6) is 0. The van der Waals surface area contributed by atoms with Crippen LogP contribution in [0.2, 0.25) is 0 Å². The maximum atomic E-state index is 5.82. The van der Waals surface area contributed by atoms with E-state index < -0.39 is 0 Å². The molecule has 0 bridgehead atoms. The molecule has 12 heavy (non-hydrogen) atoms. The van der Waals surface area contributed by atoms with Crippen molar-refractivity contribution in [3.05, 3.63) is 0 Å². The van der Waals surface area contributed by atoms with Gasteiger partial charge in [-0.3, -0.25) is 4.99 Å². The van der Waals surface area contributed by atoms with Gasteiger partial charge in [0.25, 0.3) is 0 Å². The minimum atomic E-state index is -0.167. The summed E-state index contributed by atoms with van der Waals surface area (Å²) < 4.78 is 0. The lowest BCUT2D eigenvalue weighted by atomic mass is 10.2. The fourth-order valence-electron chi connectivity index (χ4n) is 1.18. The summed E-state index contributed by atoms with van der Waals surface area (Å²) in [6, 6.07) is -0.167. The number of fused-ring (bicyclic) bond motifs is 1. The van der Waals surface area contributed by atoms with Crippen molar-refractivity contribution in [3.8, 4) is 0 Å². The highest BCUT2D eigenvalue weighted by molar-refractivity contribution is 6.73. The molecule has 0 saturated heterocycles. The second-order valence-electron chi connectivity index (χ2n) is 2.62. The Labute approximate surface area is 79.6 Å². The number of hydrogen-bond acceptors (Lipinski definition) is 4. The van der Waals surface area contributed by atoms with Crippen LogP contribution in [0.15, 0.2) is 15.0 Å². The van der Waals surface area contributed by atoms with E-state index >= 15 is 0 Å². The van der Waals surface area contributed by atoms with Gasteiger partial charge in [-0.05, 0) is 11.6 Å². The van der Waals surface area contributed by atoms with Crippen LogP contribution < -0.4 is 0 Å². The first-order chi connectivity index (χ1) is 5.68. The van der Waals surface area contributed by atoms with Crippen LogP contribution in [0.5, 0.6) is 0 Å². The van der Waals surface area contributed by atoms with E-state index in [9.17, 15) is 0 Å². The Morgan fingerprint density at radius 2 is 2.25 bits per heavy atom. The first kappa shape index (κ1) is 8.01. The Morgan fingerprint density at radius 1 is 1.50 bits per heavy atom. The molecule has 2 rings (SSSR count). The molecule has 0 aliphatic carbocycles. The predicted molar refractivity (Wildman–Crippen MR) is 50.4 cm³/mol. The fraction of sp³-hybridized carbons (Fsp3) is 0.500. The zero-order valence-corrected chi connectivity index (χ0v) is 7.79. The van der Waals surface area contributed by atoms with E-state index in [4.69, 9.17) is 23.2 Å². The number of amidine groups is 1. The third-order valence-corrected chi connectivity index (χ3v) is 2.28. The van der Waals surface area contributed by atoms with Crippen molar-refractivity contribution >= 4 is 40.0 Å². The van der Waals surface area contributed by atoms with Crippen LogP contribution in [0.1, 0.15) is 0 Å². The summed E-state index contributed by atoms with van der Waals surface area (Å²) in [5.41, 5.74) is 0. The van der Waals surface area contributed by atoms with E-state index in [2.05, 4.69) is 15.0 Å². The van der Waals surface area contributed by atoms with E-state index in [1.165, 1.54) is 0 Å². The molecule has 0 aromatic rings. The Balaban J connectivity index is 2.34. The molecule has 2 aliphatic heterocycles. The predicted octanol–water partition coefficient (Wildman–Crippen LogP) is 0.900. The first-order valence-electron chi connectivity index (χ1n) is 3.41. The molecule has 64 valence electrons. The van der Waals surface area contributed by atoms with E-state index in [-0.39, 0.29) is 17.5 Å². The van der Waals surface area contributed by atoms with Gasteiger partial charge in [-0.2, -0.15) is 0 Å². The molecule has 0 spiro atoms. The second-order valence-corrected chi connectivity index (χ2v) is 3.35. The molecule has 0 fully saturated rings. The molecule has 2 unspecified atom stereocenters. The highest BCUT2D eigenvalue weighted by atomic mass is 35.5. The molecule has 2 aliphatic rings. The molecule has 2 atom stereocenters. The quantitative estimate of drug-likeness (QED) is 0.541. The summed E-state index contributed by atoms with van der Waals surface area (Å²) in [6.45, 7) is 0. The maximum absolute atomic E-state index is 5.82. The topological polar surface area (TPSA) is 40.3 Å². The summed E-state index contributed by atoms with van der Waals surface area (Å²) in [4.78, 5) is 13.9. The average molecular weight is 205 g/mol. The van der Waals surface area contributed by atoms with Crippen molar-refractivity contribution < 1.29 is 0 Å². The molecule has 0 amide bonds. The molecule has 0 aromatic carbocycles. The maximum Gasteiger partial charge on any atom is 0.221 e. The van der Waals surface area contributed by atoms with E-state index in [1.807, 2.05) is 11.9 Å². The van der Waals surface area contributed by atoms with Gasteiger partial charge < -0.3 is 4.90 Å². The molecular weight excluding hydrogens is 199 g/mol. The molecule has 0 aromatic heterocycles. The van der Waals surface area contributed by atoms with Crippen LogP contribution in [0.25, 0.3) is 0 Å². The summed E-state index contributed by atoms with van der Waals surface area (Å²) >= 11 is 11.5. The molecule has 2 heterocycles. The molecule has 0 N–H and O–H groups in total. The first-order valence-corrected chi connectivity index (χ1v) is 4.16. The van der Waals surface area contributed by atoms with Gasteiger partial charge in [0.2, 0.25) is 5.29 Å². The number of nitrogens with zero attached hydrogens (tertiary/aromatic N) is 4. The van der Waals surface area contributed by atoms with Crippen LogP contribution in [0.4, 0.5) is 0 Å². The van der Waals surface area contributed by atoms with Crippen molar-refractivity contribution in [2.75, 3.05) is 7.05 Å². The van der Waals surface area contributed by atoms with Crippen LogP contribution in [0, 0.1) is 0 Å². The van der Waals surface area contributed by atoms with Gasteiger partial charge in [0.1, 0.15) is 11.2 Å². The number of aliphatic imine (C=N–C) groups is 3. The SMILES string of the molecule is CN1C=NC2C(Cl)=NC(Cl)=NC21. The zero-order chi connectivity index (χ0) is 8.72. The van der Waals surface area contributed by atoms with E-state index in [0.29, 0.717) is 5.17 Å². The lowest BCUT2D eigenvalue weighted by molar-refractivity contribution is 0.402. The highest BCUT2D eigenvalue weighted by Gasteiger charge is 2.34. The number of likely N-dealkylation sites (N-methyl/N-ethyl adjacent to an activating group) is 1. The van der Waals surface area contributed by atoms with Gasteiger partial charge in [-0.1, -0.05) is 11.6 Å². The molecule has 0 saturated carbocycles. The van der Waals surface area contributed by atoms with Crippen LogP contribution in [-0.2, 0) is 0 Å². The molecule has 0 radical (unpaired) electrons. The van der Waals surface area contributed by atoms with Gasteiger partial charge >= 0.3 is 0 Å². The van der Waals surface area contributed by atoms with Crippen LogP contribution >= 0.6 is 23.2 Å². The average Bonchev–Trinajstić information content (AvgIpc) is 2.33. The summed E-state index contributed by atoms with van der Waals surface area (Å²) in [7, 11) is 1.87. The minimum Gasteiger partial charge on any atom is -0.342 e. The van der Waals surface area contributed by atoms with Gasteiger partial charge in [0.05, 0.1) is 6.34 Å². The Hall–Kier alpha value is -0.610. The van der Waals surface area contributed by atoms with Gasteiger partial charge in [0.15, 0.2) is 6.17 Å².